The van der Waals surface area contributed by atoms with Crippen LogP contribution in [0.25, 0.3) is 10.9 Å². The topological polar surface area (TPSA) is 54.5 Å². The maximum Gasteiger partial charge on any atom is 0.223 e. The number of likely N-dealkylation sites (tertiary alicyclic amines) is 1. The smallest absolute Gasteiger partial charge is 0.223 e. The first kappa shape index (κ1) is 25.9. The quantitative estimate of drug-likeness (QED) is 0.393. The Balaban J connectivity index is 1.27. The van der Waals surface area contributed by atoms with E-state index < -0.39 is 0 Å². The number of fused-ring (bicyclic) bond motifs is 1. The summed E-state index contributed by atoms with van der Waals surface area (Å²) in [5.74, 6) is 2.19. The van der Waals surface area contributed by atoms with Crippen LogP contribution in [0.5, 0.6) is 5.75 Å². The van der Waals surface area contributed by atoms with Gasteiger partial charge < -0.3 is 15.0 Å². The lowest BCUT2D eigenvalue weighted by Gasteiger charge is -2.36. The number of aryl methyl sites for hydroxylation is 1. The molecular formula is C30H45N3O2. The van der Waals surface area contributed by atoms with E-state index in [4.69, 9.17) is 4.74 Å². The number of nitrogens with one attached hydrogen (secondary N) is 1. The number of benzene rings is 1. The standard InChI is InChI=1S/C30H45N3O2/c1-3-5-6-7-9-24-20-26-10-8-17-32-29(26)28(21-24)35-27-15-18-33(19-16-27)22-23-11-13-25(14-12-23)30(34)31-4-2/h8,10,17,20-21,23,25,27H,3-7,9,11-16,18-19,22H2,1-2H3,(H,31,34). The van der Waals surface area contributed by atoms with E-state index in [0.717, 1.165) is 68.9 Å². The fourth-order valence-electron chi connectivity index (χ4n) is 5.89. The number of ether oxygens (including phenoxy) is 1. The lowest BCUT2D eigenvalue weighted by Crippen LogP contribution is -2.42. The van der Waals surface area contributed by atoms with Crippen molar-refractivity contribution in [2.45, 2.75) is 90.6 Å². The Bertz CT molecular complexity index is 930. The first-order chi connectivity index (χ1) is 17.2. The third-order valence-electron chi connectivity index (χ3n) is 7.96. The second-order valence-electron chi connectivity index (χ2n) is 10.7. The predicted molar refractivity (Wildman–Crippen MR) is 144 cm³/mol. The molecule has 0 bridgehead atoms. The van der Waals surface area contributed by atoms with Gasteiger partial charge in [0.15, 0.2) is 0 Å². The van der Waals surface area contributed by atoms with Gasteiger partial charge >= 0.3 is 0 Å². The van der Waals surface area contributed by atoms with Gasteiger partial charge in [-0.25, -0.2) is 0 Å². The zero-order valence-electron chi connectivity index (χ0n) is 21.9. The maximum atomic E-state index is 12.1. The Morgan fingerprint density at radius 3 is 2.60 bits per heavy atom. The van der Waals surface area contributed by atoms with Crippen LogP contribution < -0.4 is 10.1 Å². The molecule has 2 heterocycles. The molecule has 1 saturated carbocycles. The van der Waals surface area contributed by atoms with Gasteiger partial charge in [-0.15, -0.1) is 0 Å². The van der Waals surface area contributed by atoms with Crippen molar-refractivity contribution in [1.29, 1.82) is 0 Å². The molecule has 1 aliphatic heterocycles. The third-order valence-corrected chi connectivity index (χ3v) is 7.96. The highest BCUT2D eigenvalue weighted by Gasteiger charge is 2.29. The van der Waals surface area contributed by atoms with Gasteiger partial charge in [-0.05, 0) is 88.0 Å². The van der Waals surface area contributed by atoms with E-state index >= 15 is 0 Å². The van der Waals surface area contributed by atoms with Crippen molar-refractivity contribution >= 4 is 16.8 Å². The Morgan fingerprint density at radius 2 is 1.86 bits per heavy atom. The summed E-state index contributed by atoms with van der Waals surface area (Å²) in [5.41, 5.74) is 2.37. The van der Waals surface area contributed by atoms with E-state index in [0.29, 0.717) is 0 Å². The monoisotopic (exact) mass is 479 g/mol. The lowest BCUT2D eigenvalue weighted by molar-refractivity contribution is -0.126. The summed E-state index contributed by atoms with van der Waals surface area (Å²) < 4.78 is 6.60. The second-order valence-corrected chi connectivity index (χ2v) is 10.7. The van der Waals surface area contributed by atoms with Gasteiger partial charge in [0.2, 0.25) is 5.91 Å². The summed E-state index contributed by atoms with van der Waals surface area (Å²) >= 11 is 0. The van der Waals surface area contributed by atoms with Crippen LogP contribution in [0.4, 0.5) is 0 Å². The number of aromatic nitrogens is 1. The first-order valence-corrected chi connectivity index (χ1v) is 14.2. The van der Waals surface area contributed by atoms with Crippen molar-refractivity contribution in [2.75, 3.05) is 26.2 Å². The molecule has 1 aromatic carbocycles. The van der Waals surface area contributed by atoms with Gasteiger partial charge in [-0.3, -0.25) is 9.78 Å². The maximum absolute atomic E-state index is 12.1. The molecule has 4 rings (SSSR count). The van der Waals surface area contributed by atoms with Crippen molar-refractivity contribution in [1.82, 2.24) is 15.2 Å². The molecular weight excluding hydrogens is 434 g/mol. The minimum Gasteiger partial charge on any atom is -0.488 e. The first-order valence-electron chi connectivity index (χ1n) is 14.2. The van der Waals surface area contributed by atoms with Crippen LogP contribution in [-0.2, 0) is 11.2 Å². The molecule has 5 nitrogen and oxygen atoms in total. The predicted octanol–water partition coefficient (Wildman–Crippen LogP) is 6.14. The molecule has 2 aliphatic rings. The average Bonchev–Trinajstić information content (AvgIpc) is 2.88. The van der Waals surface area contributed by atoms with E-state index in [9.17, 15) is 4.79 Å². The zero-order valence-corrected chi connectivity index (χ0v) is 21.9. The van der Waals surface area contributed by atoms with Crippen LogP contribution in [0.2, 0.25) is 0 Å². The molecule has 0 atom stereocenters. The zero-order chi connectivity index (χ0) is 24.5. The Morgan fingerprint density at radius 1 is 1.06 bits per heavy atom. The van der Waals surface area contributed by atoms with Crippen molar-refractivity contribution < 1.29 is 9.53 Å². The minimum atomic E-state index is 0.233. The Labute approximate surface area is 212 Å². The van der Waals surface area contributed by atoms with Gasteiger partial charge in [0.05, 0.1) is 0 Å². The van der Waals surface area contributed by atoms with Gasteiger partial charge in [0.25, 0.3) is 0 Å². The van der Waals surface area contributed by atoms with E-state index in [1.54, 1.807) is 0 Å². The average molecular weight is 480 g/mol. The molecule has 0 unspecified atom stereocenters. The number of pyridine rings is 1. The number of amides is 1. The number of carbonyl (C=O) groups is 1. The lowest BCUT2D eigenvalue weighted by atomic mass is 9.81. The van der Waals surface area contributed by atoms with E-state index in [2.05, 4.69) is 40.3 Å². The molecule has 35 heavy (non-hydrogen) atoms. The summed E-state index contributed by atoms with van der Waals surface area (Å²) in [6, 6.07) is 8.73. The molecule has 1 amide bonds. The second kappa shape index (κ2) is 13.2. The van der Waals surface area contributed by atoms with Gasteiger partial charge in [-0.1, -0.05) is 32.3 Å². The number of carbonyl (C=O) groups excluding carboxylic acids is 1. The summed E-state index contributed by atoms with van der Waals surface area (Å²) in [4.78, 5) is 19.4. The largest absolute Gasteiger partial charge is 0.488 e. The van der Waals surface area contributed by atoms with Crippen LogP contribution >= 0.6 is 0 Å². The highest BCUT2D eigenvalue weighted by Crippen LogP contribution is 2.32. The van der Waals surface area contributed by atoms with Crippen molar-refractivity contribution in [3.05, 3.63) is 36.0 Å². The van der Waals surface area contributed by atoms with Crippen LogP contribution in [0, 0.1) is 11.8 Å². The van der Waals surface area contributed by atoms with Crippen molar-refractivity contribution in [3.8, 4) is 5.75 Å². The normalized spacial score (nSPS) is 21.8. The van der Waals surface area contributed by atoms with E-state index in [-0.39, 0.29) is 17.9 Å². The van der Waals surface area contributed by atoms with Crippen molar-refractivity contribution in [2.24, 2.45) is 11.8 Å². The number of rotatable bonds is 11. The number of unbranched alkanes of at least 4 members (excludes halogenated alkanes) is 3. The molecule has 2 fully saturated rings. The molecule has 1 aliphatic carbocycles. The number of piperidine rings is 1. The molecule has 1 N–H and O–H groups in total. The molecule has 2 aromatic rings. The van der Waals surface area contributed by atoms with Gasteiger partial charge in [0.1, 0.15) is 17.4 Å². The van der Waals surface area contributed by atoms with E-state index in [1.807, 2.05) is 19.2 Å². The molecule has 5 heteroatoms. The highest BCUT2D eigenvalue weighted by molar-refractivity contribution is 5.85. The highest BCUT2D eigenvalue weighted by atomic mass is 16.5. The summed E-state index contributed by atoms with van der Waals surface area (Å²) in [6.07, 6.45) is 15.0. The SMILES string of the molecule is CCCCCCc1cc(OC2CCN(CC3CCC(C(=O)NCC)CC3)CC2)c2ncccc2c1. The molecule has 1 aromatic heterocycles. The Hall–Kier alpha value is -2.14. The molecule has 0 radical (unpaired) electrons. The van der Waals surface area contributed by atoms with Crippen LogP contribution in [0.3, 0.4) is 0 Å². The van der Waals surface area contributed by atoms with Gasteiger partial charge in [0, 0.05) is 43.7 Å². The van der Waals surface area contributed by atoms with Crippen LogP contribution in [0.15, 0.2) is 30.5 Å². The fourth-order valence-corrected chi connectivity index (χ4v) is 5.89. The summed E-state index contributed by atoms with van der Waals surface area (Å²) in [5, 5.41) is 4.19. The molecule has 1 saturated heterocycles. The van der Waals surface area contributed by atoms with Crippen LogP contribution in [0.1, 0.15) is 83.6 Å². The van der Waals surface area contributed by atoms with Crippen molar-refractivity contribution in [3.63, 3.8) is 0 Å². The van der Waals surface area contributed by atoms with E-state index in [1.165, 1.54) is 56.0 Å². The van der Waals surface area contributed by atoms with Gasteiger partial charge in [-0.2, -0.15) is 0 Å². The minimum absolute atomic E-state index is 0.233. The summed E-state index contributed by atoms with van der Waals surface area (Å²) in [6.45, 7) is 8.38. The number of hydrogen-bond donors (Lipinski definition) is 1. The Kier molecular flexibility index (Phi) is 9.82. The summed E-state index contributed by atoms with van der Waals surface area (Å²) in [7, 11) is 0. The third kappa shape index (κ3) is 7.42. The number of hydrogen-bond acceptors (Lipinski definition) is 4. The van der Waals surface area contributed by atoms with Crippen LogP contribution in [-0.4, -0.2) is 48.1 Å². The molecule has 192 valence electrons. The fraction of sp³-hybridized carbons (Fsp3) is 0.667. The molecule has 0 spiro atoms. The number of nitrogens with zero attached hydrogens (tertiary/aromatic N) is 2.